The van der Waals surface area contributed by atoms with Gasteiger partial charge in [0.25, 0.3) is 0 Å². The molecule has 2 N–H and O–H groups in total. The van der Waals surface area contributed by atoms with Crippen molar-refractivity contribution < 1.29 is 14.3 Å². The summed E-state index contributed by atoms with van der Waals surface area (Å²) in [6.45, 7) is 6.91. The fourth-order valence-corrected chi connectivity index (χ4v) is 4.64. The van der Waals surface area contributed by atoms with Crippen LogP contribution in [0.1, 0.15) is 5.69 Å². The van der Waals surface area contributed by atoms with Crippen molar-refractivity contribution in [1.29, 1.82) is 0 Å². The number of morpholine rings is 1. The summed E-state index contributed by atoms with van der Waals surface area (Å²) in [4.78, 5) is 25.7. The van der Waals surface area contributed by atoms with Gasteiger partial charge in [0.1, 0.15) is 11.4 Å². The third-order valence-electron chi connectivity index (χ3n) is 6.54. The first kappa shape index (κ1) is 27.8. The lowest BCUT2D eigenvalue weighted by atomic mass is 10.1. The standard InChI is InChI=1S/C30H34N8O3/c1-5-29(39)32-25-18-26(28(40-4)19-27(25)37-13-15-41-16-14-37)34-30-31-12-11-23(33-30)24-17-22(20-36(2)3)38(35-24)21-9-7-6-8-10-21/h5-12,17-19H,1,13-16,20H2,2-4H3,(H,32,39)(H,31,33,34). The lowest BCUT2D eigenvalue weighted by Crippen LogP contribution is -2.36. The van der Waals surface area contributed by atoms with Crippen LogP contribution in [0.2, 0.25) is 0 Å². The molecule has 0 bridgehead atoms. The van der Waals surface area contributed by atoms with E-state index in [1.807, 2.05) is 73.4 Å². The molecule has 0 unspecified atom stereocenters. The molecule has 1 aliphatic rings. The van der Waals surface area contributed by atoms with Crippen LogP contribution in [0.3, 0.4) is 0 Å². The van der Waals surface area contributed by atoms with Crippen molar-refractivity contribution in [3.8, 4) is 22.8 Å². The molecule has 1 amide bonds. The number of carbonyl (C=O) groups excluding carboxylic acids is 1. The molecule has 1 aliphatic heterocycles. The maximum absolute atomic E-state index is 12.3. The number of para-hydroxylation sites is 1. The number of amides is 1. The van der Waals surface area contributed by atoms with Crippen molar-refractivity contribution in [3.05, 3.63) is 79.1 Å². The van der Waals surface area contributed by atoms with Crippen molar-refractivity contribution >= 4 is 28.9 Å². The van der Waals surface area contributed by atoms with Crippen LogP contribution in [0.25, 0.3) is 17.1 Å². The molecule has 0 aliphatic carbocycles. The van der Waals surface area contributed by atoms with Gasteiger partial charge in [0, 0.05) is 31.9 Å². The molecule has 0 radical (unpaired) electrons. The topological polar surface area (TPSA) is 110 Å². The molecule has 11 heteroatoms. The van der Waals surface area contributed by atoms with E-state index in [0.717, 1.165) is 22.8 Å². The van der Waals surface area contributed by atoms with Crippen LogP contribution in [-0.4, -0.2) is 78.1 Å². The predicted molar refractivity (Wildman–Crippen MR) is 160 cm³/mol. The molecule has 212 valence electrons. The second-order valence-corrected chi connectivity index (χ2v) is 9.76. The Kier molecular flexibility index (Phi) is 8.56. The predicted octanol–water partition coefficient (Wildman–Crippen LogP) is 4.10. The number of rotatable bonds is 10. The zero-order chi connectivity index (χ0) is 28.8. The van der Waals surface area contributed by atoms with Gasteiger partial charge >= 0.3 is 0 Å². The molecule has 0 spiro atoms. The average Bonchev–Trinajstić information content (AvgIpc) is 3.41. The molecule has 2 aromatic heterocycles. The quantitative estimate of drug-likeness (QED) is 0.280. The third-order valence-corrected chi connectivity index (χ3v) is 6.54. The lowest BCUT2D eigenvalue weighted by molar-refractivity contribution is -0.111. The fourth-order valence-electron chi connectivity index (χ4n) is 4.64. The number of nitrogens with zero attached hydrogens (tertiary/aromatic N) is 6. The summed E-state index contributed by atoms with van der Waals surface area (Å²) in [5, 5.41) is 11.1. The molecule has 5 rings (SSSR count). The Morgan fingerprint density at radius 1 is 1.10 bits per heavy atom. The summed E-state index contributed by atoms with van der Waals surface area (Å²) in [6.07, 6.45) is 2.93. The van der Waals surface area contributed by atoms with Crippen molar-refractivity contribution in [2.24, 2.45) is 0 Å². The molecule has 2 aromatic carbocycles. The summed E-state index contributed by atoms with van der Waals surface area (Å²) < 4.78 is 13.2. The first-order valence-corrected chi connectivity index (χ1v) is 13.3. The number of anilines is 4. The van der Waals surface area contributed by atoms with E-state index in [0.29, 0.717) is 61.6 Å². The Bertz CT molecular complexity index is 1510. The van der Waals surface area contributed by atoms with Gasteiger partial charge in [-0.25, -0.2) is 14.6 Å². The van der Waals surface area contributed by atoms with Gasteiger partial charge < -0.3 is 29.9 Å². The maximum Gasteiger partial charge on any atom is 0.247 e. The molecule has 1 saturated heterocycles. The number of aromatic nitrogens is 4. The number of methoxy groups -OCH3 is 1. The van der Waals surface area contributed by atoms with E-state index < -0.39 is 0 Å². The van der Waals surface area contributed by atoms with Gasteiger partial charge in [0.05, 0.1) is 54.5 Å². The SMILES string of the molecule is C=CC(=O)Nc1cc(Nc2nccc(-c3cc(CN(C)C)n(-c4ccccc4)n3)n2)c(OC)cc1N1CCOCC1. The highest BCUT2D eigenvalue weighted by Gasteiger charge is 2.20. The van der Waals surface area contributed by atoms with Crippen LogP contribution in [0.4, 0.5) is 23.0 Å². The summed E-state index contributed by atoms with van der Waals surface area (Å²) >= 11 is 0. The van der Waals surface area contributed by atoms with Gasteiger partial charge in [-0.1, -0.05) is 24.8 Å². The van der Waals surface area contributed by atoms with Gasteiger partial charge in [-0.05, 0) is 50.5 Å². The monoisotopic (exact) mass is 554 g/mol. The van der Waals surface area contributed by atoms with Crippen LogP contribution in [0.5, 0.6) is 5.75 Å². The zero-order valence-corrected chi connectivity index (χ0v) is 23.5. The van der Waals surface area contributed by atoms with E-state index >= 15 is 0 Å². The smallest absolute Gasteiger partial charge is 0.247 e. The molecular weight excluding hydrogens is 520 g/mol. The van der Waals surface area contributed by atoms with Gasteiger partial charge in [-0.3, -0.25) is 4.79 Å². The molecule has 4 aromatic rings. The van der Waals surface area contributed by atoms with Crippen LogP contribution >= 0.6 is 0 Å². The van der Waals surface area contributed by atoms with E-state index in [2.05, 4.69) is 32.0 Å². The van der Waals surface area contributed by atoms with Crippen molar-refractivity contribution in [2.45, 2.75) is 6.54 Å². The van der Waals surface area contributed by atoms with Gasteiger partial charge in [0.15, 0.2) is 0 Å². The zero-order valence-electron chi connectivity index (χ0n) is 23.5. The van der Waals surface area contributed by atoms with E-state index in [9.17, 15) is 4.79 Å². The van der Waals surface area contributed by atoms with Crippen LogP contribution in [0, 0.1) is 0 Å². The second kappa shape index (κ2) is 12.6. The fraction of sp³-hybridized carbons (Fsp3) is 0.267. The Morgan fingerprint density at radius 3 is 2.59 bits per heavy atom. The number of benzene rings is 2. The molecule has 3 heterocycles. The van der Waals surface area contributed by atoms with Crippen molar-refractivity contribution in [2.75, 3.05) is 63.0 Å². The molecule has 11 nitrogen and oxygen atoms in total. The van der Waals surface area contributed by atoms with Crippen LogP contribution in [0.15, 0.2) is 73.4 Å². The molecule has 0 atom stereocenters. The van der Waals surface area contributed by atoms with E-state index in [-0.39, 0.29) is 5.91 Å². The first-order chi connectivity index (χ1) is 19.9. The normalized spacial score (nSPS) is 13.2. The average molecular weight is 555 g/mol. The summed E-state index contributed by atoms with van der Waals surface area (Å²) in [7, 11) is 5.65. The Hall–Kier alpha value is -4.74. The van der Waals surface area contributed by atoms with Crippen LogP contribution in [-0.2, 0) is 16.1 Å². The number of hydrogen-bond donors (Lipinski definition) is 2. The van der Waals surface area contributed by atoms with Crippen molar-refractivity contribution in [1.82, 2.24) is 24.6 Å². The highest BCUT2D eigenvalue weighted by molar-refractivity contribution is 6.02. The Labute approximate surface area is 239 Å². The van der Waals surface area contributed by atoms with Gasteiger partial charge in [-0.2, -0.15) is 5.10 Å². The summed E-state index contributed by atoms with van der Waals surface area (Å²) in [5.74, 6) is 0.638. The number of ether oxygens (including phenoxy) is 2. The largest absolute Gasteiger partial charge is 0.494 e. The minimum Gasteiger partial charge on any atom is -0.494 e. The highest BCUT2D eigenvalue weighted by atomic mass is 16.5. The Morgan fingerprint density at radius 2 is 1.88 bits per heavy atom. The van der Waals surface area contributed by atoms with E-state index in [1.54, 1.807) is 13.3 Å². The number of nitrogens with one attached hydrogen (secondary N) is 2. The van der Waals surface area contributed by atoms with Gasteiger partial charge in [0.2, 0.25) is 11.9 Å². The Balaban J connectivity index is 1.49. The molecule has 41 heavy (non-hydrogen) atoms. The minimum atomic E-state index is -0.309. The van der Waals surface area contributed by atoms with Gasteiger partial charge in [-0.15, -0.1) is 0 Å². The summed E-state index contributed by atoms with van der Waals surface area (Å²) in [5.41, 5.74) is 5.45. The number of carbonyl (C=O) groups is 1. The molecule has 0 saturated carbocycles. The van der Waals surface area contributed by atoms with E-state index in [4.69, 9.17) is 19.6 Å². The second-order valence-electron chi connectivity index (χ2n) is 9.76. The first-order valence-electron chi connectivity index (χ1n) is 13.3. The third kappa shape index (κ3) is 6.53. The maximum atomic E-state index is 12.3. The summed E-state index contributed by atoms with van der Waals surface area (Å²) in [6, 6.07) is 17.6. The molecular formula is C30H34N8O3. The molecule has 1 fully saturated rings. The lowest BCUT2D eigenvalue weighted by Gasteiger charge is -2.31. The minimum absolute atomic E-state index is 0.309. The van der Waals surface area contributed by atoms with Crippen LogP contribution < -0.4 is 20.3 Å². The van der Waals surface area contributed by atoms with E-state index in [1.165, 1.54) is 6.08 Å². The van der Waals surface area contributed by atoms with Crippen molar-refractivity contribution in [3.63, 3.8) is 0 Å². The highest BCUT2D eigenvalue weighted by Crippen LogP contribution is 2.38. The number of hydrogen-bond acceptors (Lipinski definition) is 9.